The van der Waals surface area contributed by atoms with E-state index < -0.39 is 0 Å². The number of aliphatic hydroxyl groups excluding tert-OH is 1. The maximum Gasteiger partial charge on any atom is 0.0719 e. The van der Waals surface area contributed by atoms with E-state index in [4.69, 9.17) is 5.11 Å². The second-order valence-electron chi connectivity index (χ2n) is 0.183. The predicted molar refractivity (Wildman–Crippen MR) is 12.8 cm³/mol. The SMILES string of the molecule is C=CO.[U]. The zero-order valence-electron chi connectivity index (χ0n) is 2.23. The van der Waals surface area contributed by atoms with E-state index in [1.54, 1.807) is 0 Å². The molecule has 2 heteroatoms. The Morgan fingerprint density at radius 3 is 1.75 bits per heavy atom. The summed E-state index contributed by atoms with van der Waals surface area (Å²) < 4.78 is 0. The summed E-state index contributed by atoms with van der Waals surface area (Å²) in [6.07, 6.45) is 0.750. The largest absolute Gasteiger partial charge is 0.516 e. The first kappa shape index (κ1) is 8.82. The van der Waals surface area contributed by atoms with E-state index >= 15 is 0 Å². The molecule has 0 rings (SSSR count). The molecule has 0 saturated heterocycles. The molecule has 1 N–H and O–H groups in total. The van der Waals surface area contributed by atoms with E-state index in [0.29, 0.717) is 0 Å². The Kier molecular flexibility index (Phi) is 21.0. The van der Waals surface area contributed by atoms with Crippen LogP contribution in [-0.4, -0.2) is 5.11 Å². The van der Waals surface area contributed by atoms with Gasteiger partial charge in [0.2, 0.25) is 0 Å². The first-order valence-corrected chi connectivity index (χ1v) is 0.666. The van der Waals surface area contributed by atoms with Crippen molar-refractivity contribution in [1.82, 2.24) is 0 Å². The molecule has 22 valence electrons. The summed E-state index contributed by atoms with van der Waals surface area (Å²) in [5.74, 6) is 0. The van der Waals surface area contributed by atoms with Gasteiger partial charge in [-0.15, -0.1) is 0 Å². The number of rotatable bonds is 0. The van der Waals surface area contributed by atoms with Crippen molar-refractivity contribution in [2.45, 2.75) is 0 Å². The summed E-state index contributed by atoms with van der Waals surface area (Å²) in [6, 6.07) is 0. The molecule has 0 aromatic carbocycles. The molecule has 0 aliphatic rings. The fraction of sp³-hybridized carbons (Fsp3) is 0. The van der Waals surface area contributed by atoms with Gasteiger partial charge in [0.25, 0.3) is 0 Å². The monoisotopic (exact) mass is 282 g/mol. The average molecular weight is 282 g/mol. The van der Waals surface area contributed by atoms with Crippen LogP contribution in [0.25, 0.3) is 0 Å². The van der Waals surface area contributed by atoms with Gasteiger partial charge in [-0.3, -0.25) is 0 Å². The maximum atomic E-state index is 7.33. The van der Waals surface area contributed by atoms with Crippen LogP contribution in [0, 0.1) is 31.1 Å². The third-order valence-electron chi connectivity index (χ3n) is 0. The minimum atomic E-state index is 0. The van der Waals surface area contributed by atoms with E-state index in [1.807, 2.05) is 0 Å². The minimum absolute atomic E-state index is 0. The van der Waals surface area contributed by atoms with Crippen molar-refractivity contribution in [3.63, 3.8) is 0 Å². The molecule has 0 unspecified atom stereocenters. The van der Waals surface area contributed by atoms with Crippen molar-refractivity contribution in [3.05, 3.63) is 12.8 Å². The molecule has 0 aliphatic heterocycles. The Labute approximate surface area is 49.1 Å². The van der Waals surface area contributed by atoms with Crippen molar-refractivity contribution in [1.29, 1.82) is 0 Å². The van der Waals surface area contributed by atoms with Crippen LogP contribution in [0.15, 0.2) is 12.8 Å². The van der Waals surface area contributed by atoms with Gasteiger partial charge in [0.05, 0.1) is 6.26 Å². The van der Waals surface area contributed by atoms with Gasteiger partial charge in [-0.2, -0.15) is 0 Å². The van der Waals surface area contributed by atoms with E-state index in [1.165, 1.54) is 0 Å². The second kappa shape index (κ2) is 9.52. The first-order valence-electron chi connectivity index (χ1n) is 0.666. The summed E-state index contributed by atoms with van der Waals surface area (Å²) in [5, 5.41) is 7.33. The minimum Gasteiger partial charge on any atom is -0.516 e. The molecular weight excluding hydrogens is 278 g/mol. The van der Waals surface area contributed by atoms with Crippen LogP contribution in [0.3, 0.4) is 0 Å². The van der Waals surface area contributed by atoms with Gasteiger partial charge in [-0.05, 0) is 0 Å². The molecule has 0 radical (unpaired) electrons. The third-order valence-corrected chi connectivity index (χ3v) is 0. The molecule has 0 atom stereocenters. The third kappa shape index (κ3) is 18.7. The fourth-order valence-electron chi connectivity index (χ4n) is 0. The Balaban J connectivity index is 0. The van der Waals surface area contributed by atoms with Crippen LogP contribution in [-0.2, 0) is 0 Å². The second-order valence-corrected chi connectivity index (χ2v) is 0.183. The summed E-state index contributed by atoms with van der Waals surface area (Å²) in [6.45, 7) is 2.92. The molecule has 0 spiro atoms. The van der Waals surface area contributed by atoms with Gasteiger partial charge in [-0.1, -0.05) is 6.58 Å². The molecule has 0 saturated carbocycles. The molecule has 0 aliphatic carbocycles. The van der Waals surface area contributed by atoms with Gasteiger partial charge >= 0.3 is 0 Å². The molecule has 1 nitrogen and oxygen atoms in total. The van der Waals surface area contributed by atoms with E-state index in [9.17, 15) is 0 Å². The van der Waals surface area contributed by atoms with E-state index in [2.05, 4.69) is 6.58 Å². The van der Waals surface area contributed by atoms with E-state index in [0.717, 1.165) is 6.26 Å². The Bertz CT molecular complexity index is 13.5. The summed E-state index contributed by atoms with van der Waals surface area (Å²) in [5.41, 5.74) is 0. The van der Waals surface area contributed by atoms with E-state index in [-0.39, 0.29) is 31.1 Å². The van der Waals surface area contributed by atoms with Crippen LogP contribution in [0.1, 0.15) is 0 Å². The summed E-state index contributed by atoms with van der Waals surface area (Å²) >= 11 is 0. The topological polar surface area (TPSA) is 20.2 Å². The molecular formula is C2H4OU. The van der Waals surface area contributed by atoms with Gasteiger partial charge in [0.15, 0.2) is 0 Å². The van der Waals surface area contributed by atoms with Gasteiger partial charge in [-0.25, -0.2) is 0 Å². The van der Waals surface area contributed by atoms with Crippen molar-refractivity contribution in [2.75, 3.05) is 0 Å². The summed E-state index contributed by atoms with van der Waals surface area (Å²) in [7, 11) is 0. The molecule has 0 heterocycles. The van der Waals surface area contributed by atoms with Crippen LogP contribution in [0.5, 0.6) is 0 Å². The molecule has 0 bridgehead atoms. The number of aliphatic hydroxyl groups is 1. The zero-order chi connectivity index (χ0) is 2.71. The zero-order valence-corrected chi connectivity index (χ0v) is 6.40. The standard InChI is InChI=1S/C2H4O.U/c1-2-3;/h2-3H,1H2;. The van der Waals surface area contributed by atoms with Crippen molar-refractivity contribution >= 4 is 0 Å². The summed E-state index contributed by atoms with van der Waals surface area (Å²) in [4.78, 5) is 0. The molecule has 0 amide bonds. The van der Waals surface area contributed by atoms with Crippen LogP contribution in [0.2, 0.25) is 0 Å². The van der Waals surface area contributed by atoms with Crippen LogP contribution >= 0.6 is 0 Å². The first-order chi connectivity index (χ1) is 1.41. The molecule has 0 aromatic heterocycles. The van der Waals surface area contributed by atoms with Gasteiger partial charge in [0, 0.05) is 31.1 Å². The van der Waals surface area contributed by atoms with Crippen LogP contribution < -0.4 is 0 Å². The van der Waals surface area contributed by atoms with Crippen molar-refractivity contribution in [2.24, 2.45) is 0 Å². The number of hydrogen-bond acceptors (Lipinski definition) is 1. The Hall–Kier alpha value is 0.592. The average Bonchev–Trinajstić information content (AvgIpc) is 0.918. The smallest absolute Gasteiger partial charge is 0.0719 e. The normalized spacial score (nSPS) is 3.00. The van der Waals surface area contributed by atoms with Gasteiger partial charge in [0.1, 0.15) is 0 Å². The molecule has 0 fully saturated rings. The van der Waals surface area contributed by atoms with Gasteiger partial charge < -0.3 is 5.11 Å². The van der Waals surface area contributed by atoms with Crippen molar-refractivity contribution in [3.8, 4) is 0 Å². The Morgan fingerprint density at radius 1 is 1.75 bits per heavy atom. The number of hydrogen-bond donors (Lipinski definition) is 1. The Morgan fingerprint density at radius 2 is 1.75 bits per heavy atom. The molecule has 4 heavy (non-hydrogen) atoms. The fourth-order valence-corrected chi connectivity index (χ4v) is 0. The van der Waals surface area contributed by atoms with Crippen molar-refractivity contribution < 1.29 is 36.2 Å². The quantitative estimate of drug-likeness (QED) is 0.648. The van der Waals surface area contributed by atoms with Crippen LogP contribution in [0.4, 0.5) is 0 Å². The predicted octanol–water partition coefficient (Wildman–Crippen LogP) is 0.688. The maximum absolute atomic E-state index is 7.33. The molecule has 0 aromatic rings.